The van der Waals surface area contributed by atoms with Crippen LogP contribution in [0.15, 0.2) is 4.99 Å². The van der Waals surface area contributed by atoms with Crippen LogP contribution in [-0.4, -0.2) is 12.3 Å². The van der Waals surface area contributed by atoms with Gasteiger partial charge in [-0.2, -0.15) is 5.26 Å². The van der Waals surface area contributed by atoms with Gasteiger partial charge in [0.1, 0.15) is 11.8 Å². The van der Waals surface area contributed by atoms with Crippen LogP contribution >= 0.6 is 0 Å². The van der Waals surface area contributed by atoms with Crippen molar-refractivity contribution in [3.8, 4) is 6.07 Å². The molecule has 0 amide bonds. The molecular weight excluding hydrogens is 148 g/mol. The zero-order valence-corrected chi connectivity index (χ0v) is 8.14. The Balaban J connectivity index is 3.65. The molecule has 0 rings (SSSR count). The highest BCUT2D eigenvalue weighted by Crippen LogP contribution is 1.97. The Morgan fingerprint density at radius 3 is 2.42 bits per heavy atom. The van der Waals surface area contributed by atoms with Crippen LogP contribution in [0.25, 0.3) is 0 Å². The summed E-state index contributed by atoms with van der Waals surface area (Å²) in [4.78, 5) is 4.22. The summed E-state index contributed by atoms with van der Waals surface area (Å²) in [5.74, 6) is 0. The van der Waals surface area contributed by atoms with Crippen molar-refractivity contribution < 1.29 is 0 Å². The number of hydrogen-bond acceptors (Lipinski definition) is 2. The molecule has 0 aliphatic heterocycles. The Morgan fingerprint density at radius 1 is 1.25 bits per heavy atom. The van der Waals surface area contributed by atoms with E-state index in [2.05, 4.69) is 24.9 Å². The molecule has 0 saturated heterocycles. The highest BCUT2D eigenvalue weighted by molar-refractivity contribution is 5.98. The molecule has 0 unspecified atom stereocenters. The lowest BCUT2D eigenvalue weighted by Crippen LogP contribution is -1.95. The van der Waals surface area contributed by atoms with Gasteiger partial charge in [-0.1, -0.05) is 26.7 Å². The lowest BCUT2D eigenvalue weighted by molar-refractivity contribution is 0.795. The molecule has 0 heterocycles. The molecule has 0 bridgehead atoms. The molecule has 68 valence electrons. The number of nitrogens with zero attached hydrogens (tertiary/aromatic N) is 2. The topological polar surface area (TPSA) is 36.1 Å². The first-order valence-corrected chi connectivity index (χ1v) is 4.78. The van der Waals surface area contributed by atoms with Gasteiger partial charge in [0.15, 0.2) is 0 Å². The normalized spacial score (nSPS) is 11.2. The summed E-state index contributed by atoms with van der Waals surface area (Å²) in [5.41, 5.74) is 0.727. The zero-order valence-electron chi connectivity index (χ0n) is 8.14. The van der Waals surface area contributed by atoms with Crippen LogP contribution in [0.2, 0.25) is 0 Å². The lowest BCUT2D eigenvalue weighted by atomic mass is 10.2. The average Bonchev–Trinajstić information content (AvgIpc) is 2.11. The third-order valence-corrected chi connectivity index (χ3v) is 1.71. The molecule has 0 spiro atoms. The second kappa shape index (κ2) is 8.26. The summed E-state index contributed by atoms with van der Waals surface area (Å²) in [6.45, 7) is 5.08. The van der Waals surface area contributed by atoms with E-state index in [0.717, 1.165) is 44.4 Å². The first kappa shape index (κ1) is 11.2. The van der Waals surface area contributed by atoms with E-state index in [1.54, 1.807) is 0 Å². The van der Waals surface area contributed by atoms with E-state index in [9.17, 15) is 0 Å². The number of rotatable bonds is 6. The molecule has 0 aliphatic carbocycles. The average molecular weight is 166 g/mol. The number of unbranched alkanes of at least 4 members (excludes halogenated alkanes) is 2. The first-order valence-electron chi connectivity index (χ1n) is 4.78. The lowest BCUT2D eigenvalue weighted by Gasteiger charge is -1.95. The van der Waals surface area contributed by atoms with E-state index in [0.29, 0.717) is 0 Å². The van der Waals surface area contributed by atoms with Crippen LogP contribution in [0.5, 0.6) is 0 Å². The minimum Gasteiger partial charge on any atom is -0.279 e. The Hall–Kier alpha value is -0.840. The van der Waals surface area contributed by atoms with Gasteiger partial charge < -0.3 is 0 Å². The van der Waals surface area contributed by atoms with E-state index in [1.165, 1.54) is 0 Å². The summed E-state index contributed by atoms with van der Waals surface area (Å²) >= 11 is 0. The van der Waals surface area contributed by atoms with Crippen LogP contribution in [0.3, 0.4) is 0 Å². The fourth-order valence-corrected chi connectivity index (χ4v) is 0.887. The second-order valence-corrected chi connectivity index (χ2v) is 2.90. The van der Waals surface area contributed by atoms with Crippen LogP contribution in [0.4, 0.5) is 0 Å². The summed E-state index contributed by atoms with van der Waals surface area (Å²) in [7, 11) is 0. The summed E-state index contributed by atoms with van der Waals surface area (Å²) < 4.78 is 0. The monoisotopic (exact) mass is 166 g/mol. The molecule has 0 N–H and O–H groups in total. The largest absolute Gasteiger partial charge is 0.279 e. The molecule has 2 nitrogen and oxygen atoms in total. The minimum atomic E-state index is 0.727. The fraction of sp³-hybridized carbons (Fsp3) is 0.800. The predicted octanol–water partition coefficient (Wildman–Crippen LogP) is 2.94. The summed E-state index contributed by atoms with van der Waals surface area (Å²) in [5, 5.41) is 8.67. The maximum Gasteiger partial charge on any atom is 0.114 e. The molecular formula is C10H18N2. The molecule has 2 heteroatoms. The van der Waals surface area contributed by atoms with E-state index in [1.807, 2.05) is 0 Å². The molecule has 0 radical (unpaired) electrons. The van der Waals surface area contributed by atoms with E-state index < -0.39 is 0 Å². The maximum atomic E-state index is 8.67. The SMILES string of the molecule is CCCC/N=C(/C#N)CCCC. The van der Waals surface area contributed by atoms with Gasteiger partial charge in [-0.05, 0) is 19.3 Å². The molecule has 0 aromatic rings. The zero-order chi connectivity index (χ0) is 9.23. The predicted molar refractivity (Wildman–Crippen MR) is 52.3 cm³/mol. The smallest absolute Gasteiger partial charge is 0.114 e. The number of aliphatic imine (C=N–C) groups is 1. The van der Waals surface area contributed by atoms with Crippen molar-refractivity contribution >= 4 is 5.71 Å². The van der Waals surface area contributed by atoms with Gasteiger partial charge in [-0.3, -0.25) is 4.99 Å². The van der Waals surface area contributed by atoms with E-state index in [-0.39, 0.29) is 0 Å². The quantitative estimate of drug-likeness (QED) is 0.441. The second-order valence-electron chi connectivity index (χ2n) is 2.90. The Morgan fingerprint density at radius 2 is 1.92 bits per heavy atom. The standard InChI is InChI=1S/C10H18N2/c1-3-5-7-10(9-11)12-8-6-4-2/h3-8H2,1-2H3/b12-10+. The highest BCUT2D eigenvalue weighted by Gasteiger charge is 1.94. The third-order valence-electron chi connectivity index (χ3n) is 1.71. The van der Waals surface area contributed by atoms with Crippen molar-refractivity contribution in [3.05, 3.63) is 0 Å². The van der Waals surface area contributed by atoms with Crippen LogP contribution in [0, 0.1) is 11.3 Å². The van der Waals surface area contributed by atoms with Gasteiger partial charge >= 0.3 is 0 Å². The summed E-state index contributed by atoms with van der Waals surface area (Å²) in [6, 6.07) is 2.15. The van der Waals surface area contributed by atoms with Gasteiger partial charge in [-0.25, -0.2) is 0 Å². The minimum absolute atomic E-state index is 0.727. The van der Waals surface area contributed by atoms with Gasteiger partial charge in [0, 0.05) is 6.54 Å². The van der Waals surface area contributed by atoms with Crippen molar-refractivity contribution in [2.24, 2.45) is 4.99 Å². The van der Waals surface area contributed by atoms with Gasteiger partial charge in [0.2, 0.25) is 0 Å². The fourth-order valence-electron chi connectivity index (χ4n) is 0.887. The maximum absolute atomic E-state index is 8.67. The van der Waals surface area contributed by atoms with Crippen molar-refractivity contribution in [2.45, 2.75) is 46.0 Å². The Labute approximate surface area is 75.3 Å². The first-order chi connectivity index (χ1) is 5.85. The van der Waals surface area contributed by atoms with Crippen molar-refractivity contribution in [1.82, 2.24) is 0 Å². The van der Waals surface area contributed by atoms with Crippen LogP contribution in [-0.2, 0) is 0 Å². The van der Waals surface area contributed by atoms with Crippen molar-refractivity contribution in [1.29, 1.82) is 5.26 Å². The van der Waals surface area contributed by atoms with E-state index >= 15 is 0 Å². The Kier molecular flexibility index (Phi) is 7.68. The molecule has 0 fully saturated rings. The molecule has 0 aromatic heterocycles. The van der Waals surface area contributed by atoms with Crippen LogP contribution in [0.1, 0.15) is 46.0 Å². The van der Waals surface area contributed by atoms with Gasteiger partial charge in [0.25, 0.3) is 0 Å². The number of nitriles is 1. The molecule has 0 aliphatic rings. The van der Waals surface area contributed by atoms with Gasteiger partial charge in [-0.15, -0.1) is 0 Å². The number of hydrogen-bond donors (Lipinski definition) is 0. The third kappa shape index (κ3) is 5.91. The van der Waals surface area contributed by atoms with Gasteiger partial charge in [0.05, 0.1) is 0 Å². The highest BCUT2D eigenvalue weighted by atomic mass is 14.7. The van der Waals surface area contributed by atoms with Crippen molar-refractivity contribution in [3.63, 3.8) is 0 Å². The Bertz CT molecular complexity index is 165. The molecule has 0 aromatic carbocycles. The molecule has 12 heavy (non-hydrogen) atoms. The molecule has 0 atom stereocenters. The van der Waals surface area contributed by atoms with Crippen LogP contribution < -0.4 is 0 Å². The summed E-state index contributed by atoms with van der Waals surface area (Å²) in [6.07, 6.45) is 5.32. The van der Waals surface area contributed by atoms with Crippen molar-refractivity contribution in [2.75, 3.05) is 6.54 Å². The van der Waals surface area contributed by atoms with E-state index in [4.69, 9.17) is 5.26 Å². The molecule has 0 saturated carbocycles.